The van der Waals surface area contributed by atoms with Crippen LogP contribution in [0.1, 0.15) is 48.7 Å². The number of hydrogen-bond acceptors (Lipinski definition) is 3. The summed E-state index contributed by atoms with van der Waals surface area (Å²) in [6.07, 6.45) is 7.85. The van der Waals surface area contributed by atoms with Crippen molar-refractivity contribution in [3.8, 4) is 11.1 Å². The standard InChI is InChI=1S/C27H28FNO2/c1-6-7-8-9-19(5)26-16-25(29-31-26)21-13-20(14-22(15-21)27(30)17(2)3)23-11-10-18(4)12-24(23)28/h6-15,17,26H,1,16H2,2-5H3/b8-7-,19-9+. The molecule has 3 nitrogen and oxygen atoms in total. The first-order valence-corrected chi connectivity index (χ1v) is 10.4. The van der Waals surface area contributed by atoms with Crippen molar-refractivity contribution in [2.45, 2.75) is 40.2 Å². The van der Waals surface area contributed by atoms with E-state index in [1.165, 1.54) is 6.07 Å². The molecule has 0 aliphatic carbocycles. The molecule has 0 saturated carbocycles. The minimum atomic E-state index is -0.310. The maximum Gasteiger partial charge on any atom is 0.165 e. The van der Waals surface area contributed by atoms with Crippen LogP contribution in [-0.4, -0.2) is 17.6 Å². The lowest BCUT2D eigenvalue weighted by Crippen LogP contribution is -2.12. The fraction of sp³-hybridized carbons (Fsp3) is 0.259. The third kappa shape index (κ3) is 5.26. The molecule has 160 valence electrons. The molecular formula is C27H28FNO2. The number of allylic oxidation sites excluding steroid dienone is 4. The average Bonchev–Trinajstić information content (AvgIpc) is 3.23. The zero-order valence-electron chi connectivity index (χ0n) is 18.5. The SMILES string of the molecule is C=C/C=C\C=C(/C)C1CC(c2cc(C(=O)C(C)C)cc(-c3ccc(C)cc3F)c2)=NO1. The predicted octanol–water partition coefficient (Wildman–Crippen LogP) is 6.82. The number of carbonyl (C=O) groups excluding carboxylic acids is 1. The highest BCUT2D eigenvalue weighted by atomic mass is 19.1. The molecule has 2 aromatic rings. The topological polar surface area (TPSA) is 38.7 Å². The Hall–Kier alpha value is -3.27. The van der Waals surface area contributed by atoms with Crippen LogP contribution in [0.3, 0.4) is 0 Å². The van der Waals surface area contributed by atoms with E-state index in [1.807, 2.05) is 64.1 Å². The van der Waals surface area contributed by atoms with Gasteiger partial charge in [-0.1, -0.05) is 62.0 Å². The maximum atomic E-state index is 14.7. The molecule has 3 rings (SSSR count). The van der Waals surface area contributed by atoms with Gasteiger partial charge in [0.25, 0.3) is 0 Å². The Kier molecular flexibility index (Phi) is 7.01. The van der Waals surface area contributed by atoms with Crippen molar-refractivity contribution in [3.05, 3.63) is 95.4 Å². The third-order valence-corrected chi connectivity index (χ3v) is 5.29. The molecule has 0 spiro atoms. The fourth-order valence-corrected chi connectivity index (χ4v) is 3.46. The molecule has 0 fully saturated rings. The Labute approximate surface area is 183 Å². The summed E-state index contributed by atoms with van der Waals surface area (Å²) >= 11 is 0. The highest BCUT2D eigenvalue weighted by Crippen LogP contribution is 2.30. The molecule has 1 aliphatic rings. The Morgan fingerprint density at radius 1 is 1.19 bits per heavy atom. The predicted molar refractivity (Wildman–Crippen MR) is 125 cm³/mol. The molecule has 2 aromatic carbocycles. The van der Waals surface area contributed by atoms with Gasteiger partial charge in [0, 0.05) is 29.0 Å². The normalized spacial score (nSPS) is 16.5. The zero-order valence-corrected chi connectivity index (χ0v) is 18.5. The molecule has 0 bridgehead atoms. The number of aryl methyl sites for hydroxylation is 1. The number of ketones is 1. The van der Waals surface area contributed by atoms with Gasteiger partial charge in [0.2, 0.25) is 0 Å². The van der Waals surface area contributed by atoms with Gasteiger partial charge in [0.05, 0.1) is 5.71 Å². The lowest BCUT2D eigenvalue weighted by molar-refractivity contribution is 0.0939. The Morgan fingerprint density at radius 3 is 2.61 bits per heavy atom. The second kappa shape index (κ2) is 9.69. The number of halogens is 1. The second-order valence-electron chi connectivity index (χ2n) is 8.17. The van der Waals surface area contributed by atoms with Crippen LogP contribution in [0.5, 0.6) is 0 Å². The van der Waals surface area contributed by atoms with Crippen molar-refractivity contribution >= 4 is 11.5 Å². The number of benzene rings is 2. The van der Waals surface area contributed by atoms with E-state index in [0.717, 1.165) is 22.4 Å². The largest absolute Gasteiger partial charge is 0.387 e. The van der Waals surface area contributed by atoms with Crippen molar-refractivity contribution in [2.75, 3.05) is 0 Å². The van der Waals surface area contributed by atoms with Gasteiger partial charge < -0.3 is 4.84 Å². The van der Waals surface area contributed by atoms with Gasteiger partial charge in [-0.2, -0.15) is 0 Å². The highest BCUT2D eigenvalue weighted by molar-refractivity contribution is 6.06. The summed E-state index contributed by atoms with van der Waals surface area (Å²) in [5.41, 5.74) is 5.08. The summed E-state index contributed by atoms with van der Waals surface area (Å²) in [7, 11) is 0. The lowest BCUT2D eigenvalue weighted by Gasteiger charge is -2.12. The molecule has 1 unspecified atom stereocenters. The summed E-state index contributed by atoms with van der Waals surface area (Å²) < 4.78 is 14.7. The highest BCUT2D eigenvalue weighted by Gasteiger charge is 2.25. The fourth-order valence-electron chi connectivity index (χ4n) is 3.46. The van der Waals surface area contributed by atoms with Gasteiger partial charge in [-0.15, -0.1) is 0 Å². The van der Waals surface area contributed by atoms with Gasteiger partial charge in [-0.05, 0) is 54.8 Å². The van der Waals surface area contributed by atoms with E-state index in [9.17, 15) is 9.18 Å². The maximum absolute atomic E-state index is 14.7. The van der Waals surface area contributed by atoms with E-state index in [1.54, 1.807) is 18.2 Å². The van der Waals surface area contributed by atoms with Gasteiger partial charge in [0.1, 0.15) is 5.82 Å². The molecular weight excluding hydrogens is 389 g/mol. The molecule has 1 heterocycles. The first-order chi connectivity index (χ1) is 14.8. The van der Waals surface area contributed by atoms with Crippen molar-refractivity contribution in [2.24, 2.45) is 11.1 Å². The van der Waals surface area contributed by atoms with Crippen molar-refractivity contribution in [1.29, 1.82) is 0 Å². The van der Waals surface area contributed by atoms with Crippen molar-refractivity contribution < 1.29 is 14.0 Å². The van der Waals surface area contributed by atoms with Crippen LogP contribution < -0.4 is 0 Å². The second-order valence-corrected chi connectivity index (χ2v) is 8.17. The molecule has 0 radical (unpaired) electrons. The Morgan fingerprint density at radius 2 is 1.94 bits per heavy atom. The van der Waals surface area contributed by atoms with E-state index >= 15 is 0 Å². The Bertz CT molecular complexity index is 1090. The van der Waals surface area contributed by atoms with Crippen LogP contribution in [0.25, 0.3) is 11.1 Å². The summed E-state index contributed by atoms with van der Waals surface area (Å²) in [4.78, 5) is 18.4. The van der Waals surface area contributed by atoms with Gasteiger partial charge in [0.15, 0.2) is 11.9 Å². The number of rotatable bonds is 7. The zero-order chi connectivity index (χ0) is 22.5. The molecule has 31 heavy (non-hydrogen) atoms. The molecule has 1 atom stereocenters. The smallest absolute Gasteiger partial charge is 0.165 e. The molecule has 4 heteroatoms. The Balaban J connectivity index is 1.99. The number of carbonyl (C=O) groups is 1. The number of Topliss-reactive ketones (excluding diaryl/α,β-unsaturated/α-hetero) is 1. The molecule has 0 saturated heterocycles. The molecule has 0 aromatic heterocycles. The van der Waals surface area contributed by atoms with Crippen LogP contribution in [0, 0.1) is 18.7 Å². The number of oxime groups is 1. The van der Waals surface area contributed by atoms with E-state index in [-0.39, 0.29) is 23.6 Å². The minimum Gasteiger partial charge on any atom is -0.387 e. The first kappa shape index (κ1) is 22.4. The van der Waals surface area contributed by atoms with E-state index in [0.29, 0.717) is 23.1 Å². The van der Waals surface area contributed by atoms with Crippen molar-refractivity contribution in [3.63, 3.8) is 0 Å². The van der Waals surface area contributed by atoms with Crippen LogP contribution >= 0.6 is 0 Å². The monoisotopic (exact) mass is 417 g/mol. The quantitative estimate of drug-likeness (QED) is 0.366. The third-order valence-electron chi connectivity index (χ3n) is 5.29. The van der Waals surface area contributed by atoms with E-state index in [2.05, 4.69) is 11.7 Å². The first-order valence-electron chi connectivity index (χ1n) is 10.4. The number of hydrogen-bond donors (Lipinski definition) is 0. The molecule has 0 N–H and O–H groups in total. The molecule has 1 aliphatic heterocycles. The minimum absolute atomic E-state index is 0.0114. The average molecular weight is 418 g/mol. The summed E-state index contributed by atoms with van der Waals surface area (Å²) in [5.74, 6) is -0.463. The molecule has 0 amide bonds. The van der Waals surface area contributed by atoms with E-state index in [4.69, 9.17) is 4.84 Å². The van der Waals surface area contributed by atoms with Gasteiger partial charge in [-0.25, -0.2) is 4.39 Å². The van der Waals surface area contributed by atoms with E-state index < -0.39 is 0 Å². The van der Waals surface area contributed by atoms with Crippen LogP contribution in [0.2, 0.25) is 0 Å². The lowest BCUT2D eigenvalue weighted by atomic mass is 9.91. The van der Waals surface area contributed by atoms with Crippen LogP contribution in [-0.2, 0) is 4.84 Å². The van der Waals surface area contributed by atoms with Crippen LogP contribution in [0.4, 0.5) is 4.39 Å². The number of nitrogens with zero attached hydrogens (tertiary/aromatic N) is 1. The summed E-state index contributed by atoms with van der Waals surface area (Å²) in [6.45, 7) is 11.2. The van der Waals surface area contributed by atoms with Gasteiger partial charge in [-0.3, -0.25) is 4.79 Å². The summed E-state index contributed by atoms with van der Waals surface area (Å²) in [6, 6.07) is 10.6. The van der Waals surface area contributed by atoms with Crippen molar-refractivity contribution in [1.82, 2.24) is 0 Å². The summed E-state index contributed by atoms with van der Waals surface area (Å²) in [5, 5.41) is 4.28. The van der Waals surface area contributed by atoms with Gasteiger partial charge >= 0.3 is 0 Å². The van der Waals surface area contributed by atoms with Crippen LogP contribution in [0.15, 0.2) is 78.0 Å².